The van der Waals surface area contributed by atoms with Gasteiger partial charge >= 0.3 is 12.0 Å². The highest BCUT2D eigenvalue weighted by Crippen LogP contribution is 2.38. The van der Waals surface area contributed by atoms with Crippen LogP contribution in [0.25, 0.3) is 0 Å². The second kappa shape index (κ2) is 5.06. The number of amides is 2. The molecule has 2 atom stereocenters. The number of rotatable bonds is 3. The van der Waals surface area contributed by atoms with Gasteiger partial charge in [0.25, 0.3) is 0 Å². The third-order valence-corrected chi connectivity index (χ3v) is 4.57. The molecule has 0 bridgehead atoms. The molecule has 3 rings (SSSR count). The molecule has 2 aliphatic rings. The van der Waals surface area contributed by atoms with Gasteiger partial charge in [-0.05, 0) is 42.4 Å². The molecule has 1 aliphatic heterocycles. The molecular weight excluding hydrogens is 268 g/mol. The lowest BCUT2D eigenvalue weighted by Crippen LogP contribution is -2.41. The van der Waals surface area contributed by atoms with Crippen molar-refractivity contribution in [3.05, 3.63) is 29.3 Å². The molecule has 21 heavy (non-hydrogen) atoms. The number of fused-ring (bicyclic) bond motifs is 1. The Labute approximate surface area is 124 Å². The number of nitrogens with zero attached hydrogens (tertiary/aromatic N) is 2. The van der Waals surface area contributed by atoms with Gasteiger partial charge in [0.05, 0.1) is 5.56 Å². The molecule has 1 saturated carbocycles. The van der Waals surface area contributed by atoms with E-state index in [-0.39, 0.29) is 11.6 Å². The van der Waals surface area contributed by atoms with Gasteiger partial charge in [-0.15, -0.1) is 0 Å². The first-order chi connectivity index (χ1) is 9.97. The van der Waals surface area contributed by atoms with Crippen molar-refractivity contribution < 1.29 is 14.7 Å². The summed E-state index contributed by atoms with van der Waals surface area (Å²) in [4.78, 5) is 27.1. The molecule has 0 radical (unpaired) electrons. The Balaban J connectivity index is 1.77. The third-order valence-electron chi connectivity index (χ3n) is 4.57. The summed E-state index contributed by atoms with van der Waals surface area (Å²) in [7, 11) is 1.83. The van der Waals surface area contributed by atoms with E-state index in [4.69, 9.17) is 5.11 Å². The summed E-state index contributed by atoms with van der Waals surface area (Å²) in [6.07, 6.45) is 1.98. The van der Waals surface area contributed by atoms with Gasteiger partial charge < -0.3 is 10.0 Å². The molecular formula is C16H20N2O3. The molecule has 1 aliphatic carbocycles. The van der Waals surface area contributed by atoms with Crippen molar-refractivity contribution in [2.24, 2.45) is 11.8 Å². The predicted octanol–water partition coefficient (Wildman–Crippen LogP) is 2.46. The van der Waals surface area contributed by atoms with E-state index < -0.39 is 5.97 Å². The molecule has 5 heteroatoms. The fourth-order valence-corrected chi connectivity index (χ4v) is 3.00. The van der Waals surface area contributed by atoms with Crippen molar-refractivity contribution in [3.8, 4) is 0 Å². The maximum Gasteiger partial charge on any atom is 0.335 e. The highest BCUT2D eigenvalue weighted by molar-refractivity contribution is 5.96. The van der Waals surface area contributed by atoms with Crippen LogP contribution in [0.4, 0.5) is 10.5 Å². The predicted molar refractivity (Wildman–Crippen MR) is 79.7 cm³/mol. The zero-order valence-electron chi connectivity index (χ0n) is 12.4. The maximum absolute atomic E-state index is 12.6. The van der Waals surface area contributed by atoms with Crippen molar-refractivity contribution in [2.75, 3.05) is 25.0 Å². The van der Waals surface area contributed by atoms with E-state index in [1.807, 2.05) is 13.1 Å². The number of carbonyl (C=O) groups excluding carboxylic acids is 1. The van der Waals surface area contributed by atoms with Gasteiger partial charge in [0.2, 0.25) is 0 Å². The van der Waals surface area contributed by atoms with Crippen molar-refractivity contribution >= 4 is 17.7 Å². The zero-order chi connectivity index (χ0) is 15.1. The highest BCUT2D eigenvalue weighted by atomic mass is 16.4. The number of hydrogen-bond donors (Lipinski definition) is 1. The van der Waals surface area contributed by atoms with E-state index in [9.17, 15) is 9.59 Å². The lowest BCUT2D eigenvalue weighted by molar-refractivity contribution is 0.0697. The summed E-state index contributed by atoms with van der Waals surface area (Å²) in [6, 6.07) is 4.99. The van der Waals surface area contributed by atoms with E-state index in [1.165, 1.54) is 6.42 Å². The summed E-state index contributed by atoms with van der Waals surface area (Å²) < 4.78 is 0. The molecule has 2 unspecified atom stereocenters. The first-order valence-electron chi connectivity index (χ1n) is 7.36. The lowest BCUT2D eigenvalue weighted by Gasteiger charge is -2.25. The standard InChI is InChI=1S/C16H20N2O3/c1-10-7-13(10)9-17(2)16(21)18-6-5-11-3-4-12(15(19)20)8-14(11)18/h3-4,8,10,13H,5-7,9H2,1-2H3,(H,19,20). The molecule has 5 nitrogen and oxygen atoms in total. The third kappa shape index (κ3) is 2.60. The van der Waals surface area contributed by atoms with Gasteiger partial charge in [0.15, 0.2) is 0 Å². The smallest absolute Gasteiger partial charge is 0.335 e. The Morgan fingerprint density at radius 3 is 2.76 bits per heavy atom. The zero-order valence-corrected chi connectivity index (χ0v) is 12.4. The van der Waals surface area contributed by atoms with Crippen molar-refractivity contribution in [1.82, 2.24) is 4.90 Å². The van der Waals surface area contributed by atoms with E-state index in [2.05, 4.69) is 6.92 Å². The lowest BCUT2D eigenvalue weighted by atomic mass is 10.1. The van der Waals surface area contributed by atoms with Crippen LogP contribution in [0.1, 0.15) is 29.3 Å². The Morgan fingerprint density at radius 2 is 2.14 bits per heavy atom. The first kappa shape index (κ1) is 13.9. The average molecular weight is 288 g/mol. The quantitative estimate of drug-likeness (QED) is 0.929. The average Bonchev–Trinajstić information content (AvgIpc) is 2.99. The van der Waals surface area contributed by atoms with Crippen LogP contribution in [-0.2, 0) is 6.42 Å². The minimum absolute atomic E-state index is 0.0320. The summed E-state index contributed by atoms with van der Waals surface area (Å²) in [6.45, 7) is 3.61. The van der Waals surface area contributed by atoms with Gasteiger partial charge in [0, 0.05) is 25.8 Å². The van der Waals surface area contributed by atoms with Crippen LogP contribution in [0.15, 0.2) is 18.2 Å². The van der Waals surface area contributed by atoms with Crippen molar-refractivity contribution in [1.29, 1.82) is 0 Å². The fraction of sp³-hybridized carbons (Fsp3) is 0.500. The van der Waals surface area contributed by atoms with Crippen LogP contribution >= 0.6 is 0 Å². The number of anilines is 1. The minimum atomic E-state index is -0.961. The molecule has 1 heterocycles. The SMILES string of the molecule is CC1CC1CN(C)C(=O)N1CCc2ccc(C(=O)O)cc21. The monoisotopic (exact) mass is 288 g/mol. The van der Waals surface area contributed by atoms with E-state index >= 15 is 0 Å². The van der Waals surface area contributed by atoms with Gasteiger partial charge in [-0.25, -0.2) is 9.59 Å². The number of carboxylic acid groups (broad SMARTS) is 1. The van der Waals surface area contributed by atoms with E-state index in [1.54, 1.807) is 21.9 Å². The summed E-state index contributed by atoms with van der Waals surface area (Å²) >= 11 is 0. The Morgan fingerprint density at radius 1 is 1.43 bits per heavy atom. The molecule has 0 spiro atoms. The van der Waals surface area contributed by atoms with Crippen molar-refractivity contribution in [2.45, 2.75) is 19.8 Å². The second-order valence-electron chi connectivity index (χ2n) is 6.19. The van der Waals surface area contributed by atoms with Crippen LogP contribution in [0, 0.1) is 11.8 Å². The largest absolute Gasteiger partial charge is 0.478 e. The van der Waals surface area contributed by atoms with Crippen LogP contribution in [0.3, 0.4) is 0 Å². The number of aromatic carboxylic acids is 1. The van der Waals surface area contributed by atoms with Crippen LogP contribution < -0.4 is 4.90 Å². The number of carboxylic acids is 1. The molecule has 0 saturated heterocycles. The number of urea groups is 1. The summed E-state index contributed by atoms with van der Waals surface area (Å²) in [5.74, 6) is 0.369. The first-order valence-corrected chi connectivity index (χ1v) is 7.36. The number of hydrogen-bond acceptors (Lipinski definition) is 2. The van der Waals surface area contributed by atoms with E-state index in [0.29, 0.717) is 18.4 Å². The molecule has 1 N–H and O–H groups in total. The minimum Gasteiger partial charge on any atom is -0.478 e. The number of carbonyl (C=O) groups is 2. The summed E-state index contributed by atoms with van der Waals surface area (Å²) in [5.41, 5.74) is 2.02. The highest BCUT2D eigenvalue weighted by Gasteiger charge is 2.36. The number of benzene rings is 1. The Hall–Kier alpha value is -2.04. The normalized spacial score (nSPS) is 22.9. The Bertz CT molecular complexity index is 599. The molecule has 112 valence electrons. The molecule has 1 aromatic rings. The molecule has 2 amide bonds. The molecule has 1 fully saturated rings. The van der Waals surface area contributed by atoms with E-state index in [0.717, 1.165) is 24.2 Å². The molecule has 1 aromatic carbocycles. The van der Waals surface area contributed by atoms with Crippen LogP contribution in [0.5, 0.6) is 0 Å². The van der Waals surface area contributed by atoms with Crippen LogP contribution in [0.2, 0.25) is 0 Å². The van der Waals surface area contributed by atoms with Gasteiger partial charge in [-0.3, -0.25) is 4.90 Å². The summed E-state index contributed by atoms with van der Waals surface area (Å²) in [5, 5.41) is 9.09. The van der Waals surface area contributed by atoms with Crippen LogP contribution in [-0.4, -0.2) is 42.1 Å². The maximum atomic E-state index is 12.6. The fourth-order valence-electron chi connectivity index (χ4n) is 3.00. The topological polar surface area (TPSA) is 60.9 Å². The molecule has 0 aromatic heterocycles. The van der Waals surface area contributed by atoms with Gasteiger partial charge in [-0.1, -0.05) is 13.0 Å². The van der Waals surface area contributed by atoms with Gasteiger partial charge in [0.1, 0.15) is 0 Å². The van der Waals surface area contributed by atoms with Gasteiger partial charge in [-0.2, -0.15) is 0 Å². The van der Waals surface area contributed by atoms with Crippen molar-refractivity contribution in [3.63, 3.8) is 0 Å². The Kier molecular flexibility index (Phi) is 3.35. The second-order valence-corrected chi connectivity index (χ2v) is 6.19.